The molecule has 0 aliphatic carbocycles. The minimum Gasteiger partial charge on any atom is -0.355 e. The van der Waals surface area contributed by atoms with Crippen LogP contribution in [0.25, 0.3) is 22.1 Å². The maximum Gasteiger partial charge on any atom is 0.277 e. The zero-order chi connectivity index (χ0) is 18.6. The van der Waals surface area contributed by atoms with E-state index in [-0.39, 0.29) is 11.6 Å². The number of nitrogens with one attached hydrogen (secondary N) is 1. The van der Waals surface area contributed by atoms with Gasteiger partial charge in [0.05, 0.1) is 5.69 Å². The number of anilines is 1. The maximum absolute atomic E-state index is 12.6. The first kappa shape index (κ1) is 17.4. The van der Waals surface area contributed by atoms with E-state index in [9.17, 15) is 4.79 Å². The maximum atomic E-state index is 12.6. The lowest BCUT2D eigenvalue weighted by Gasteiger charge is -2.08. The molecule has 1 aromatic heterocycles. The molecular formula is C22H18N2O2S. The van der Waals surface area contributed by atoms with Gasteiger partial charge in [-0.25, -0.2) is 0 Å². The predicted molar refractivity (Wildman–Crippen MR) is 110 cm³/mol. The van der Waals surface area contributed by atoms with Gasteiger partial charge in [-0.2, -0.15) is 0 Å². The molecule has 4 aromatic rings. The number of carbonyl (C=O) groups is 1. The second kappa shape index (κ2) is 7.68. The molecule has 0 bridgehead atoms. The fourth-order valence-electron chi connectivity index (χ4n) is 2.90. The summed E-state index contributed by atoms with van der Waals surface area (Å²) in [6.45, 7) is 2.08. The first-order chi connectivity index (χ1) is 13.2. The minimum absolute atomic E-state index is 0.259. The molecule has 0 aliphatic heterocycles. The van der Waals surface area contributed by atoms with Gasteiger partial charge in [-0.15, -0.1) is 11.8 Å². The molecule has 0 spiro atoms. The molecule has 0 aliphatic rings. The van der Waals surface area contributed by atoms with E-state index < -0.39 is 0 Å². The molecule has 0 atom stereocenters. The van der Waals surface area contributed by atoms with Crippen molar-refractivity contribution in [3.8, 4) is 11.3 Å². The summed E-state index contributed by atoms with van der Waals surface area (Å²) in [4.78, 5) is 13.6. The monoisotopic (exact) mass is 374 g/mol. The first-order valence-corrected chi connectivity index (χ1v) is 9.72. The Morgan fingerprint density at radius 2 is 1.78 bits per heavy atom. The molecule has 5 heteroatoms. The van der Waals surface area contributed by atoms with Crippen LogP contribution in [0.5, 0.6) is 0 Å². The van der Waals surface area contributed by atoms with Crippen molar-refractivity contribution in [2.45, 2.75) is 11.8 Å². The van der Waals surface area contributed by atoms with Crippen LogP contribution in [0.2, 0.25) is 0 Å². The van der Waals surface area contributed by atoms with Gasteiger partial charge < -0.3 is 9.84 Å². The van der Waals surface area contributed by atoms with Crippen molar-refractivity contribution in [1.29, 1.82) is 0 Å². The fourth-order valence-corrected chi connectivity index (χ4v) is 3.66. The van der Waals surface area contributed by atoms with Crippen molar-refractivity contribution in [2.75, 3.05) is 11.1 Å². The number of hydrogen-bond donors (Lipinski definition) is 1. The third-order valence-electron chi connectivity index (χ3n) is 4.21. The van der Waals surface area contributed by atoms with Gasteiger partial charge in [0, 0.05) is 16.5 Å². The summed E-state index contributed by atoms with van der Waals surface area (Å²) in [5.74, 6) is 1.22. The Morgan fingerprint density at radius 1 is 1.00 bits per heavy atom. The molecule has 4 rings (SSSR count). The Labute approximate surface area is 161 Å². The number of thioether (sulfide) groups is 1. The smallest absolute Gasteiger partial charge is 0.277 e. The molecule has 4 nitrogen and oxygen atoms in total. The summed E-state index contributed by atoms with van der Waals surface area (Å²) in [6, 6.07) is 23.6. The van der Waals surface area contributed by atoms with E-state index in [1.165, 1.54) is 0 Å². The van der Waals surface area contributed by atoms with E-state index in [1.807, 2.05) is 60.7 Å². The van der Waals surface area contributed by atoms with E-state index in [0.29, 0.717) is 5.76 Å². The lowest BCUT2D eigenvalue weighted by Crippen LogP contribution is -2.12. The summed E-state index contributed by atoms with van der Waals surface area (Å²) >= 11 is 1.68. The topological polar surface area (TPSA) is 55.1 Å². The number of nitrogens with zero attached hydrogens (tertiary/aromatic N) is 1. The average molecular weight is 374 g/mol. The van der Waals surface area contributed by atoms with Gasteiger partial charge in [-0.1, -0.05) is 60.6 Å². The number of aromatic nitrogens is 1. The highest BCUT2D eigenvalue weighted by Crippen LogP contribution is 2.28. The van der Waals surface area contributed by atoms with Crippen molar-refractivity contribution in [2.24, 2.45) is 0 Å². The van der Waals surface area contributed by atoms with Crippen molar-refractivity contribution in [3.63, 3.8) is 0 Å². The van der Waals surface area contributed by atoms with Gasteiger partial charge in [-0.3, -0.25) is 4.79 Å². The van der Waals surface area contributed by atoms with E-state index in [4.69, 9.17) is 4.52 Å². The number of amides is 1. The van der Waals surface area contributed by atoms with Crippen LogP contribution in [-0.4, -0.2) is 16.8 Å². The Hall–Kier alpha value is -3.05. The second-order valence-electron chi connectivity index (χ2n) is 6.02. The largest absolute Gasteiger partial charge is 0.355 e. The molecule has 3 aromatic carbocycles. The molecule has 27 heavy (non-hydrogen) atoms. The Kier molecular flexibility index (Phi) is 4.94. The van der Waals surface area contributed by atoms with Gasteiger partial charge in [0.25, 0.3) is 5.91 Å². The van der Waals surface area contributed by atoms with Crippen LogP contribution in [-0.2, 0) is 0 Å². The van der Waals surface area contributed by atoms with Gasteiger partial charge in [0.1, 0.15) is 0 Å². The van der Waals surface area contributed by atoms with Crippen molar-refractivity contribution in [1.82, 2.24) is 5.16 Å². The van der Waals surface area contributed by atoms with Crippen molar-refractivity contribution < 1.29 is 9.32 Å². The van der Waals surface area contributed by atoms with Crippen LogP contribution in [0.15, 0.2) is 82.2 Å². The third-order valence-corrected chi connectivity index (χ3v) is 5.17. The van der Waals surface area contributed by atoms with Crippen LogP contribution >= 0.6 is 11.8 Å². The van der Waals surface area contributed by atoms with E-state index in [0.717, 1.165) is 32.7 Å². The quantitative estimate of drug-likeness (QED) is 0.445. The lowest BCUT2D eigenvalue weighted by atomic mass is 10.1. The van der Waals surface area contributed by atoms with Crippen LogP contribution < -0.4 is 5.32 Å². The van der Waals surface area contributed by atoms with Gasteiger partial charge in [0.15, 0.2) is 11.5 Å². The molecule has 134 valence electrons. The molecule has 1 N–H and O–H groups in total. The first-order valence-electron chi connectivity index (χ1n) is 8.73. The van der Waals surface area contributed by atoms with E-state index in [1.54, 1.807) is 17.8 Å². The highest BCUT2D eigenvalue weighted by molar-refractivity contribution is 7.99. The molecule has 1 amide bonds. The highest BCUT2D eigenvalue weighted by atomic mass is 32.2. The normalized spacial score (nSPS) is 10.9. The lowest BCUT2D eigenvalue weighted by molar-refractivity contribution is 0.101. The van der Waals surface area contributed by atoms with E-state index >= 15 is 0 Å². The van der Waals surface area contributed by atoms with Crippen LogP contribution in [0.1, 0.15) is 17.4 Å². The molecule has 0 unspecified atom stereocenters. The summed E-state index contributed by atoms with van der Waals surface area (Å²) in [5, 5.41) is 9.14. The zero-order valence-electron chi connectivity index (χ0n) is 14.8. The van der Waals surface area contributed by atoms with E-state index in [2.05, 4.69) is 23.5 Å². The summed E-state index contributed by atoms with van der Waals surface area (Å²) in [7, 11) is 0. The van der Waals surface area contributed by atoms with Gasteiger partial charge >= 0.3 is 0 Å². The number of para-hydroxylation sites is 1. The number of hydrogen-bond acceptors (Lipinski definition) is 4. The number of benzene rings is 3. The van der Waals surface area contributed by atoms with Crippen LogP contribution in [0.4, 0.5) is 5.69 Å². The Balaban J connectivity index is 1.57. The Morgan fingerprint density at radius 3 is 2.63 bits per heavy atom. The van der Waals surface area contributed by atoms with Gasteiger partial charge in [0.2, 0.25) is 0 Å². The summed E-state index contributed by atoms with van der Waals surface area (Å²) in [6.07, 6.45) is 0. The molecule has 1 heterocycles. The van der Waals surface area contributed by atoms with Crippen LogP contribution in [0, 0.1) is 0 Å². The molecule has 0 saturated carbocycles. The van der Waals surface area contributed by atoms with Gasteiger partial charge in [-0.05, 0) is 34.7 Å². The third kappa shape index (κ3) is 3.73. The number of fused-ring (bicyclic) bond motifs is 1. The van der Waals surface area contributed by atoms with Crippen molar-refractivity contribution in [3.05, 3.63) is 78.5 Å². The standard InChI is InChI=1S/C22H18N2O2S/c1-2-27-21-10-6-5-9-18(21)23-22(25)19-14-20(26-24-19)17-12-11-15-7-3-4-8-16(15)13-17/h3-14H,2H2,1H3,(H,23,25). The number of rotatable bonds is 5. The summed E-state index contributed by atoms with van der Waals surface area (Å²) < 4.78 is 5.42. The molecular weight excluding hydrogens is 356 g/mol. The number of carbonyl (C=O) groups excluding carboxylic acids is 1. The molecule has 0 fully saturated rings. The Bertz CT molecular complexity index is 1100. The predicted octanol–water partition coefficient (Wildman–Crippen LogP) is 5.86. The second-order valence-corrected chi connectivity index (χ2v) is 7.33. The zero-order valence-corrected chi connectivity index (χ0v) is 15.6. The summed E-state index contributed by atoms with van der Waals surface area (Å²) in [5.41, 5.74) is 1.93. The minimum atomic E-state index is -0.282. The molecule has 0 saturated heterocycles. The average Bonchev–Trinajstić information content (AvgIpc) is 3.20. The fraction of sp³-hybridized carbons (Fsp3) is 0.0909. The molecule has 0 radical (unpaired) electrons. The highest BCUT2D eigenvalue weighted by Gasteiger charge is 2.15. The van der Waals surface area contributed by atoms with Crippen LogP contribution in [0.3, 0.4) is 0 Å². The SMILES string of the molecule is CCSc1ccccc1NC(=O)c1cc(-c2ccc3ccccc3c2)on1. The van der Waals surface area contributed by atoms with Crippen molar-refractivity contribution >= 4 is 34.1 Å².